The molecule has 6 nitrogen and oxygen atoms in total. The number of halogens is 1. The van der Waals surface area contributed by atoms with Crippen molar-refractivity contribution in [3.8, 4) is 23.0 Å². The van der Waals surface area contributed by atoms with Crippen LogP contribution in [0.3, 0.4) is 0 Å². The van der Waals surface area contributed by atoms with Gasteiger partial charge < -0.3 is 23.7 Å². The van der Waals surface area contributed by atoms with Crippen molar-refractivity contribution >= 4 is 28.6 Å². The van der Waals surface area contributed by atoms with Gasteiger partial charge in [-0.25, -0.2) is 0 Å². The molecule has 5 rings (SSSR count). The smallest absolute Gasteiger partial charge is 0.310 e. The predicted octanol–water partition coefficient (Wildman–Crippen LogP) is 4.15. The van der Waals surface area contributed by atoms with E-state index in [1.165, 1.54) is 0 Å². The Kier molecular flexibility index (Phi) is 4.53. The van der Waals surface area contributed by atoms with E-state index >= 15 is 0 Å². The molecule has 29 heavy (non-hydrogen) atoms. The second-order valence-corrected chi connectivity index (χ2v) is 8.93. The maximum atomic E-state index is 12.8. The zero-order valence-electron chi connectivity index (χ0n) is 16.4. The number of cyclic esters (lactones) is 1. The Balaban J connectivity index is 1.75. The summed E-state index contributed by atoms with van der Waals surface area (Å²) in [6, 6.07) is 8.10. The normalized spacial score (nSPS) is 26.6. The molecule has 2 heterocycles. The van der Waals surface area contributed by atoms with Crippen LogP contribution in [0.5, 0.6) is 23.0 Å². The first-order valence-electron chi connectivity index (χ1n) is 9.50. The molecule has 2 aliphatic heterocycles. The lowest BCUT2D eigenvalue weighted by atomic mass is 9.67. The van der Waals surface area contributed by atoms with Crippen molar-refractivity contribution in [3.05, 3.63) is 46.5 Å². The Morgan fingerprint density at radius 2 is 1.59 bits per heavy atom. The first kappa shape index (κ1) is 18.8. The molecule has 2 aromatic carbocycles. The van der Waals surface area contributed by atoms with Crippen LogP contribution in [-0.2, 0) is 9.53 Å². The summed E-state index contributed by atoms with van der Waals surface area (Å²) in [6.45, 7) is 2.61. The minimum absolute atomic E-state index is 0.0965. The van der Waals surface area contributed by atoms with E-state index in [1.807, 2.05) is 25.1 Å². The highest BCUT2D eigenvalue weighted by Crippen LogP contribution is 2.57. The number of carbonyl (C=O) groups excluding carboxylic acids is 1. The molecule has 0 amide bonds. The standard InChI is InChI=1S/C22H21IO6/c1-10-15(25-2)4-11(5-16(10)26-3)19-12-6-17-18(29-9-28-17)7-13(12)21(23)14-8-27-22(24)20(14)19/h4-7,14,19-21H,8-9H2,1-3H3/t14-,19+,20-,21+/m0/s1. The Bertz CT molecular complexity index is 978. The maximum absolute atomic E-state index is 12.8. The lowest BCUT2D eigenvalue weighted by Gasteiger charge is -2.37. The third-order valence-electron chi connectivity index (χ3n) is 6.23. The monoisotopic (exact) mass is 508 g/mol. The van der Waals surface area contributed by atoms with Gasteiger partial charge in [0.25, 0.3) is 0 Å². The summed E-state index contributed by atoms with van der Waals surface area (Å²) in [7, 11) is 3.29. The van der Waals surface area contributed by atoms with Gasteiger partial charge in [0.1, 0.15) is 11.5 Å². The van der Waals surface area contributed by atoms with Gasteiger partial charge in [-0.15, -0.1) is 0 Å². The van der Waals surface area contributed by atoms with Crippen LogP contribution in [0, 0.1) is 18.8 Å². The van der Waals surface area contributed by atoms with Gasteiger partial charge in [-0.3, -0.25) is 4.79 Å². The van der Waals surface area contributed by atoms with Crippen LogP contribution in [0.1, 0.15) is 32.1 Å². The molecule has 152 valence electrons. The highest BCUT2D eigenvalue weighted by molar-refractivity contribution is 14.1. The maximum Gasteiger partial charge on any atom is 0.310 e. The molecular weight excluding hydrogens is 487 g/mol. The first-order valence-corrected chi connectivity index (χ1v) is 10.7. The number of alkyl halides is 1. The van der Waals surface area contributed by atoms with E-state index in [1.54, 1.807) is 14.2 Å². The van der Waals surface area contributed by atoms with Gasteiger partial charge in [0.2, 0.25) is 6.79 Å². The lowest BCUT2D eigenvalue weighted by Crippen LogP contribution is -2.32. The third kappa shape index (κ3) is 2.77. The van der Waals surface area contributed by atoms with Crippen molar-refractivity contribution in [2.45, 2.75) is 16.8 Å². The zero-order valence-corrected chi connectivity index (χ0v) is 18.5. The molecule has 2 aromatic rings. The van der Waals surface area contributed by atoms with Gasteiger partial charge in [-0.05, 0) is 47.9 Å². The molecule has 0 N–H and O–H groups in total. The molecule has 1 aliphatic carbocycles. The molecule has 0 bridgehead atoms. The molecule has 3 aliphatic rings. The second-order valence-electron chi connectivity index (χ2n) is 7.58. The average Bonchev–Trinajstić information content (AvgIpc) is 3.34. The van der Waals surface area contributed by atoms with Gasteiger partial charge in [0.15, 0.2) is 11.5 Å². The van der Waals surface area contributed by atoms with Crippen LogP contribution in [0.15, 0.2) is 24.3 Å². The Labute approximate surface area is 182 Å². The molecule has 0 radical (unpaired) electrons. The van der Waals surface area contributed by atoms with E-state index in [-0.39, 0.29) is 34.4 Å². The van der Waals surface area contributed by atoms with Crippen molar-refractivity contribution in [1.29, 1.82) is 0 Å². The van der Waals surface area contributed by atoms with E-state index in [4.69, 9.17) is 23.7 Å². The summed E-state index contributed by atoms with van der Waals surface area (Å²) in [5.41, 5.74) is 4.14. The summed E-state index contributed by atoms with van der Waals surface area (Å²) in [6.07, 6.45) is 0. The molecule has 0 spiro atoms. The Morgan fingerprint density at radius 1 is 0.966 bits per heavy atom. The van der Waals surface area contributed by atoms with Gasteiger partial charge in [0, 0.05) is 21.3 Å². The van der Waals surface area contributed by atoms with Crippen LogP contribution in [0.4, 0.5) is 0 Å². The van der Waals surface area contributed by atoms with Crippen LogP contribution < -0.4 is 18.9 Å². The fourth-order valence-electron chi connectivity index (χ4n) is 4.78. The summed E-state index contributed by atoms with van der Waals surface area (Å²) in [5, 5.41) is 0. The fraction of sp³-hybridized carbons (Fsp3) is 0.409. The number of methoxy groups -OCH3 is 2. The average molecular weight is 508 g/mol. The van der Waals surface area contributed by atoms with Gasteiger partial charge >= 0.3 is 5.97 Å². The quantitative estimate of drug-likeness (QED) is 0.353. The molecule has 0 unspecified atom stereocenters. The van der Waals surface area contributed by atoms with E-state index in [0.29, 0.717) is 12.4 Å². The largest absolute Gasteiger partial charge is 0.496 e. The van der Waals surface area contributed by atoms with Crippen molar-refractivity contribution in [3.63, 3.8) is 0 Å². The topological polar surface area (TPSA) is 63.2 Å². The van der Waals surface area contributed by atoms with Crippen LogP contribution in [0.25, 0.3) is 0 Å². The SMILES string of the molecule is COc1cc([C@@H]2c3cc4c(cc3[C@@H](I)[C@H]3COC(=O)[C@H]23)OCO4)cc(OC)c1C. The van der Waals surface area contributed by atoms with Crippen LogP contribution >= 0.6 is 22.6 Å². The van der Waals surface area contributed by atoms with Gasteiger partial charge in [-0.2, -0.15) is 0 Å². The molecule has 1 fully saturated rings. The molecular formula is C22H21IO6. The van der Waals surface area contributed by atoms with Crippen molar-refractivity contribution < 1.29 is 28.5 Å². The van der Waals surface area contributed by atoms with Crippen molar-refractivity contribution in [2.75, 3.05) is 27.6 Å². The van der Waals surface area contributed by atoms with E-state index in [0.717, 1.165) is 39.5 Å². The number of hydrogen-bond acceptors (Lipinski definition) is 6. The summed E-state index contributed by atoms with van der Waals surface area (Å²) < 4.78 is 28.1. The minimum atomic E-state index is -0.262. The number of ether oxygens (including phenoxy) is 5. The summed E-state index contributed by atoms with van der Waals surface area (Å²) in [4.78, 5) is 12.8. The first-order chi connectivity index (χ1) is 14.0. The predicted molar refractivity (Wildman–Crippen MR) is 113 cm³/mol. The number of rotatable bonds is 3. The van der Waals surface area contributed by atoms with Gasteiger partial charge in [-0.1, -0.05) is 22.6 Å². The van der Waals surface area contributed by atoms with Crippen LogP contribution in [0.2, 0.25) is 0 Å². The number of hydrogen-bond donors (Lipinski definition) is 0. The lowest BCUT2D eigenvalue weighted by molar-refractivity contribution is -0.141. The fourth-order valence-corrected chi connectivity index (χ4v) is 5.98. The summed E-state index contributed by atoms with van der Waals surface area (Å²) >= 11 is 2.43. The summed E-state index contributed by atoms with van der Waals surface area (Å²) in [5.74, 6) is 2.46. The van der Waals surface area contributed by atoms with E-state index < -0.39 is 0 Å². The van der Waals surface area contributed by atoms with Crippen molar-refractivity contribution in [1.82, 2.24) is 0 Å². The molecule has 7 heteroatoms. The molecule has 0 saturated carbocycles. The highest BCUT2D eigenvalue weighted by Gasteiger charge is 2.51. The van der Waals surface area contributed by atoms with E-state index in [2.05, 4.69) is 28.7 Å². The third-order valence-corrected chi connectivity index (χ3v) is 7.83. The second kappa shape index (κ2) is 6.97. The molecule has 1 saturated heterocycles. The number of esters is 1. The van der Waals surface area contributed by atoms with E-state index in [9.17, 15) is 4.79 Å². The van der Waals surface area contributed by atoms with Crippen LogP contribution in [-0.4, -0.2) is 33.6 Å². The number of carbonyl (C=O) groups is 1. The molecule has 4 atom stereocenters. The van der Waals surface area contributed by atoms with Gasteiger partial charge in [0.05, 0.1) is 26.7 Å². The number of benzene rings is 2. The Morgan fingerprint density at radius 3 is 2.21 bits per heavy atom. The Hall–Kier alpha value is -2.16. The zero-order chi connectivity index (χ0) is 20.3. The van der Waals surface area contributed by atoms with Crippen molar-refractivity contribution in [2.24, 2.45) is 11.8 Å². The highest BCUT2D eigenvalue weighted by atomic mass is 127. The minimum Gasteiger partial charge on any atom is -0.496 e. The molecule has 0 aromatic heterocycles. The number of fused-ring (bicyclic) bond motifs is 3.